The number of likely N-dealkylation sites (tertiary alicyclic amines) is 2. The van der Waals surface area contributed by atoms with Crippen LogP contribution in [-0.2, 0) is 4.79 Å². The molecule has 124 valence electrons. The molecular formula is C17H30N4O. The van der Waals surface area contributed by atoms with Crippen molar-refractivity contribution < 1.29 is 4.79 Å². The lowest BCUT2D eigenvalue weighted by Crippen LogP contribution is -2.42. The van der Waals surface area contributed by atoms with E-state index in [9.17, 15) is 4.79 Å². The smallest absolute Gasteiger partial charge is 0.224 e. The molecule has 5 heteroatoms. The summed E-state index contributed by atoms with van der Waals surface area (Å²) < 4.78 is 0. The summed E-state index contributed by atoms with van der Waals surface area (Å²) in [5.74, 6) is 1.29. The molecule has 0 atom stereocenters. The number of amides is 1. The Balaban J connectivity index is 1.50. The molecule has 0 bridgehead atoms. The van der Waals surface area contributed by atoms with Crippen molar-refractivity contribution in [3.63, 3.8) is 0 Å². The Morgan fingerprint density at radius 3 is 2.45 bits per heavy atom. The second-order valence-electron chi connectivity index (χ2n) is 7.10. The fourth-order valence-electron chi connectivity index (χ4n) is 4.01. The Morgan fingerprint density at radius 1 is 1.09 bits per heavy atom. The SMILES string of the molecule is CCNC(=NCCC(=O)N1CCCC1)N1CCC2(CCC2)C1. The van der Waals surface area contributed by atoms with Gasteiger partial charge in [-0.1, -0.05) is 6.42 Å². The van der Waals surface area contributed by atoms with Gasteiger partial charge in [0.2, 0.25) is 5.91 Å². The van der Waals surface area contributed by atoms with Crippen LogP contribution in [0.3, 0.4) is 0 Å². The highest BCUT2D eigenvalue weighted by Crippen LogP contribution is 2.47. The maximum atomic E-state index is 12.1. The molecule has 2 saturated heterocycles. The summed E-state index contributed by atoms with van der Waals surface area (Å²) in [6.07, 6.45) is 8.34. The predicted molar refractivity (Wildman–Crippen MR) is 88.9 cm³/mol. The van der Waals surface area contributed by atoms with Gasteiger partial charge in [-0.25, -0.2) is 0 Å². The van der Waals surface area contributed by atoms with Gasteiger partial charge in [0.15, 0.2) is 5.96 Å². The molecule has 0 unspecified atom stereocenters. The van der Waals surface area contributed by atoms with Gasteiger partial charge in [-0.15, -0.1) is 0 Å². The highest BCUT2D eigenvalue weighted by molar-refractivity contribution is 5.81. The maximum Gasteiger partial charge on any atom is 0.224 e. The normalized spacial score (nSPS) is 24.0. The molecule has 3 fully saturated rings. The zero-order valence-corrected chi connectivity index (χ0v) is 13.9. The van der Waals surface area contributed by atoms with Crippen LogP contribution in [0.15, 0.2) is 4.99 Å². The fraction of sp³-hybridized carbons (Fsp3) is 0.882. The highest BCUT2D eigenvalue weighted by Gasteiger charge is 2.43. The Labute approximate surface area is 134 Å². The molecular weight excluding hydrogens is 276 g/mol. The number of carbonyl (C=O) groups excluding carboxylic acids is 1. The summed E-state index contributed by atoms with van der Waals surface area (Å²) in [5, 5.41) is 3.40. The Morgan fingerprint density at radius 2 is 1.86 bits per heavy atom. The molecule has 0 radical (unpaired) electrons. The number of carbonyl (C=O) groups is 1. The molecule has 1 amide bonds. The number of rotatable bonds is 4. The van der Waals surface area contributed by atoms with Gasteiger partial charge in [0.1, 0.15) is 0 Å². The summed E-state index contributed by atoms with van der Waals surface area (Å²) in [6.45, 7) is 7.77. The van der Waals surface area contributed by atoms with E-state index in [1.807, 2.05) is 4.90 Å². The minimum Gasteiger partial charge on any atom is -0.357 e. The lowest BCUT2D eigenvalue weighted by Gasteiger charge is -2.38. The molecule has 0 aromatic carbocycles. The van der Waals surface area contributed by atoms with Crippen molar-refractivity contribution in [3.8, 4) is 0 Å². The van der Waals surface area contributed by atoms with Crippen molar-refractivity contribution in [1.29, 1.82) is 0 Å². The van der Waals surface area contributed by atoms with E-state index >= 15 is 0 Å². The summed E-state index contributed by atoms with van der Waals surface area (Å²) in [7, 11) is 0. The zero-order valence-electron chi connectivity index (χ0n) is 13.9. The molecule has 2 heterocycles. The number of nitrogens with one attached hydrogen (secondary N) is 1. The molecule has 2 aliphatic heterocycles. The van der Waals surface area contributed by atoms with E-state index in [2.05, 4.69) is 17.1 Å². The van der Waals surface area contributed by atoms with Crippen LogP contribution in [0.5, 0.6) is 0 Å². The molecule has 0 aromatic heterocycles. The average Bonchev–Trinajstić information content (AvgIpc) is 3.15. The van der Waals surface area contributed by atoms with Crippen LogP contribution in [-0.4, -0.2) is 60.9 Å². The van der Waals surface area contributed by atoms with E-state index in [0.717, 1.165) is 51.5 Å². The second-order valence-corrected chi connectivity index (χ2v) is 7.10. The van der Waals surface area contributed by atoms with Gasteiger partial charge in [-0.05, 0) is 44.4 Å². The van der Waals surface area contributed by atoms with Crippen LogP contribution in [0, 0.1) is 5.41 Å². The zero-order chi connectivity index (χ0) is 15.4. The van der Waals surface area contributed by atoms with Crippen molar-refractivity contribution >= 4 is 11.9 Å². The first-order chi connectivity index (χ1) is 10.7. The van der Waals surface area contributed by atoms with E-state index in [-0.39, 0.29) is 5.91 Å². The molecule has 0 aromatic rings. The average molecular weight is 306 g/mol. The summed E-state index contributed by atoms with van der Waals surface area (Å²) in [4.78, 5) is 21.2. The topological polar surface area (TPSA) is 47.9 Å². The third kappa shape index (κ3) is 3.39. The molecule has 22 heavy (non-hydrogen) atoms. The number of nitrogens with zero attached hydrogens (tertiary/aromatic N) is 3. The fourth-order valence-corrected chi connectivity index (χ4v) is 4.01. The molecule has 3 rings (SSSR count). The van der Waals surface area contributed by atoms with Gasteiger partial charge in [-0.3, -0.25) is 9.79 Å². The number of hydrogen-bond acceptors (Lipinski definition) is 2. The van der Waals surface area contributed by atoms with Crippen molar-refractivity contribution in [1.82, 2.24) is 15.1 Å². The number of guanidine groups is 1. The first kappa shape index (κ1) is 15.6. The minimum absolute atomic E-state index is 0.272. The maximum absolute atomic E-state index is 12.1. The summed E-state index contributed by atoms with van der Waals surface area (Å²) in [6, 6.07) is 0. The Hall–Kier alpha value is -1.26. The molecule has 3 aliphatic rings. The third-order valence-electron chi connectivity index (χ3n) is 5.53. The lowest BCUT2D eigenvalue weighted by atomic mass is 9.68. The quantitative estimate of drug-likeness (QED) is 0.637. The van der Waals surface area contributed by atoms with E-state index in [1.165, 1.54) is 25.7 Å². The van der Waals surface area contributed by atoms with Crippen LogP contribution in [0.2, 0.25) is 0 Å². The van der Waals surface area contributed by atoms with E-state index in [0.29, 0.717) is 18.4 Å². The first-order valence-corrected chi connectivity index (χ1v) is 9.03. The first-order valence-electron chi connectivity index (χ1n) is 9.03. The van der Waals surface area contributed by atoms with Crippen LogP contribution in [0.1, 0.15) is 51.9 Å². The van der Waals surface area contributed by atoms with Gasteiger partial charge in [0.25, 0.3) is 0 Å². The van der Waals surface area contributed by atoms with Crippen LogP contribution in [0.25, 0.3) is 0 Å². The van der Waals surface area contributed by atoms with E-state index in [4.69, 9.17) is 4.99 Å². The van der Waals surface area contributed by atoms with Gasteiger partial charge in [0.05, 0.1) is 6.54 Å². The van der Waals surface area contributed by atoms with Crippen LogP contribution in [0.4, 0.5) is 0 Å². The second kappa shape index (κ2) is 6.88. The molecule has 1 saturated carbocycles. The van der Waals surface area contributed by atoms with Gasteiger partial charge >= 0.3 is 0 Å². The molecule has 1 N–H and O–H groups in total. The largest absolute Gasteiger partial charge is 0.357 e. The number of hydrogen-bond donors (Lipinski definition) is 1. The van der Waals surface area contributed by atoms with E-state index in [1.54, 1.807) is 0 Å². The van der Waals surface area contributed by atoms with E-state index < -0.39 is 0 Å². The highest BCUT2D eigenvalue weighted by atomic mass is 16.2. The monoisotopic (exact) mass is 306 g/mol. The van der Waals surface area contributed by atoms with Crippen molar-refractivity contribution in [3.05, 3.63) is 0 Å². The number of aliphatic imine (C=N–C) groups is 1. The molecule has 5 nitrogen and oxygen atoms in total. The summed E-state index contributed by atoms with van der Waals surface area (Å²) in [5.41, 5.74) is 0.585. The standard InChI is InChI=1S/C17H30N4O/c1-2-18-16(21-13-9-17(14-21)7-5-8-17)19-10-6-15(22)20-11-3-4-12-20/h2-14H2,1H3,(H,18,19). The Bertz CT molecular complexity index is 424. The van der Waals surface area contributed by atoms with Crippen LogP contribution >= 0.6 is 0 Å². The third-order valence-corrected chi connectivity index (χ3v) is 5.53. The van der Waals surface area contributed by atoms with Gasteiger partial charge < -0.3 is 15.1 Å². The van der Waals surface area contributed by atoms with Crippen molar-refractivity contribution in [2.24, 2.45) is 10.4 Å². The van der Waals surface area contributed by atoms with Gasteiger partial charge in [0, 0.05) is 39.1 Å². The van der Waals surface area contributed by atoms with Crippen LogP contribution < -0.4 is 5.32 Å². The van der Waals surface area contributed by atoms with Gasteiger partial charge in [-0.2, -0.15) is 0 Å². The minimum atomic E-state index is 0.272. The summed E-state index contributed by atoms with van der Waals surface area (Å²) >= 11 is 0. The molecule has 1 aliphatic carbocycles. The Kier molecular flexibility index (Phi) is 4.89. The lowest BCUT2D eigenvalue weighted by molar-refractivity contribution is -0.129. The predicted octanol–water partition coefficient (Wildman–Crippen LogP) is 1.84. The van der Waals surface area contributed by atoms with Crippen molar-refractivity contribution in [2.75, 3.05) is 39.3 Å². The molecule has 1 spiro atoms. The van der Waals surface area contributed by atoms with Crippen molar-refractivity contribution in [2.45, 2.75) is 51.9 Å².